The lowest BCUT2D eigenvalue weighted by atomic mass is 10.3. The van der Waals surface area contributed by atoms with Crippen LogP contribution in [0.15, 0.2) is 24.3 Å². The Morgan fingerprint density at radius 1 is 1.31 bits per heavy atom. The van der Waals surface area contributed by atoms with Crippen molar-refractivity contribution in [3.8, 4) is 0 Å². The summed E-state index contributed by atoms with van der Waals surface area (Å²) in [6, 6.07) is 5.31. The molecular formula is C11H13FN2O2. The molecule has 1 aromatic rings. The molecule has 0 bridgehead atoms. The number of nitrogens with zero attached hydrogens (tertiary/aromatic N) is 1. The number of hydroxylamine groups is 2. The number of carbonyl (C=O) groups excluding carboxylic acids is 1. The van der Waals surface area contributed by atoms with Crippen LogP contribution in [-0.4, -0.2) is 24.2 Å². The number of amides is 2. The van der Waals surface area contributed by atoms with E-state index in [2.05, 4.69) is 5.32 Å². The SMILES string of the molecule is O=C(Nc1ccc(F)cc1)N1CCCCO1. The van der Waals surface area contributed by atoms with Crippen molar-refractivity contribution in [2.45, 2.75) is 12.8 Å². The van der Waals surface area contributed by atoms with Gasteiger partial charge in [0.15, 0.2) is 0 Å². The predicted molar refractivity (Wildman–Crippen MR) is 57.3 cm³/mol. The average Bonchev–Trinajstić information content (AvgIpc) is 2.33. The summed E-state index contributed by atoms with van der Waals surface area (Å²) in [6.45, 7) is 1.16. The third kappa shape index (κ3) is 2.70. The molecule has 1 heterocycles. The van der Waals surface area contributed by atoms with Crippen LogP contribution in [0.5, 0.6) is 0 Å². The first-order valence-corrected chi connectivity index (χ1v) is 5.23. The number of hydrogen-bond acceptors (Lipinski definition) is 2. The molecule has 0 spiro atoms. The highest BCUT2D eigenvalue weighted by Crippen LogP contribution is 2.11. The van der Waals surface area contributed by atoms with Crippen LogP contribution in [0.3, 0.4) is 0 Å². The van der Waals surface area contributed by atoms with Crippen LogP contribution < -0.4 is 5.32 Å². The van der Waals surface area contributed by atoms with Gasteiger partial charge in [0.1, 0.15) is 5.82 Å². The molecule has 2 rings (SSSR count). The molecule has 0 radical (unpaired) electrons. The van der Waals surface area contributed by atoms with Gasteiger partial charge in [0.25, 0.3) is 0 Å². The Balaban J connectivity index is 1.93. The summed E-state index contributed by atoms with van der Waals surface area (Å²) < 4.78 is 12.6. The van der Waals surface area contributed by atoms with E-state index in [0.717, 1.165) is 12.8 Å². The summed E-state index contributed by atoms with van der Waals surface area (Å²) in [4.78, 5) is 16.8. The summed E-state index contributed by atoms with van der Waals surface area (Å²) in [5.41, 5.74) is 0.556. The van der Waals surface area contributed by atoms with Crippen LogP contribution >= 0.6 is 0 Å². The van der Waals surface area contributed by atoms with Crippen molar-refractivity contribution in [2.24, 2.45) is 0 Å². The summed E-state index contributed by atoms with van der Waals surface area (Å²) in [6.07, 6.45) is 1.91. The van der Waals surface area contributed by atoms with E-state index < -0.39 is 0 Å². The number of nitrogens with one attached hydrogen (secondary N) is 1. The lowest BCUT2D eigenvalue weighted by molar-refractivity contribution is -0.135. The van der Waals surface area contributed by atoms with Gasteiger partial charge in [0.05, 0.1) is 13.2 Å². The van der Waals surface area contributed by atoms with E-state index >= 15 is 0 Å². The lowest BCUT2D eigenvalue weighted by Gasteiger charge is -2.25. The topological polar surface area (TPSA) is 41.6 Å². The first kappa shape index (κ1) is 10.9. The molecule has 4 nitrogen and oxygen atoms in total. The fourth-order valence-corrected chi connectivity index (χ4v) is 1.48. The van der Waals surface area contributed by atoms with Gasteiger partial charge in [-0.2, -0.15) is 0 Å². The molecule has 1 fully saturated rings. The van der Waals surface area contributed by atoms with E-state index in [1.165, 1.54) is 29.3 Å². The second kappa shape index (κ2) is 4.94. The van der Waals surface area contributed by atoms with E-state index in [9.17, 15) is 9.18 Å². The zero-order valence-corrected chi connectivity index (χ0v) is 8.78. The average molecular weight is 224 g/mol. The largest absolute Gasteiger partial charge is 0.345 e. The van der Waals surface area contributed by atoms with Crippen LogP contribution in [0, 0.1) is 5.82 Å². The highest BCUT2D eigenvalue weighted by Gasteiger charge is 2.17. The number of urea groups is 1. The van der Waals surface area contributed by atoms with E-state index in [-0.39, 0.29) is 11.8 Å². The zero-order valence-electron chi connectivity index (χ0n) is 8.78. The van der Waals surface area contributed by atoms with E-state index in [1.807, 2.05) is 0 Å². The molecule has 5 heteroatoms. The quantitative estimate of drug-likeness (QED) is 0.795. The van der Waals surface area contributed by atoms with Gasteiger partial charge in [-0.3, -0.25) is 4.84 Å². The van der Waals surface area contributed by atoms with Crippen molar-refractivity contribution in [3.63, 3.8) is 0 Å². The third-order valence-electron chi connectivity index (χ3n) is 2.32. The number of rotatable bonds is 1. The normalized spacial score (nSPS) is 15.9. The number of hydrogen-bond donors (Lipinski definition) is 1. The standard InChI is InChI=1S/C11H13FN2O2/c12-9-3-5-10(6-4-9)13-11(15)14-7-1-2-8-16-14/h3-6H,1-2,7-8H2,(H,13,15). The van der Waals surface area contributed by atoms with Crippen molar-refractivity contribution >= 4 is 11.7 Å². The maximum Gasteiger partial charge on any atom is 0.345 e. The van der Waals surface area contributed by atoms with Gasteiger partial charge in [-0.05, 0) is 37.1 Å². The molecule has 2 amide bonds. The Labute approximate surface area is 93.0 Å². The van der Waals surface area contributed by atoms with Gasteiger partial charge >= 0.3 is 6.03 Å². The molecule has 0 saturated carbocycles. The molecule has 0 atom stereocenters. The molecule has 86 valence electrons. The maximum absolute atomic E-state index is 12.6. The number of benzene rings is 1. The van der Waals surface area contributed by atoms with Crippen molar-refractivity contribution in [2.75, 3.05) is 18.5 Å². The van der Waals surface area contributed by atoms with Gasteiger partial charge in [-0.25, -0.2) is 14.2 Å². The van der Waals surface area contributed by atoms with E-state index in [0.29, 0.717) is 18.8 Å². The van der Waals surface area contributed by atoms with Gasteiger partial charge < -0.3 is 5.32 Å². The van der Waals surface area contributed by atoms with Gasteiger partial charge in [-0.1, -0.05) is 0 Å². The fourth-order valence-electron chi connectivity index (χ4n) is 1.48. The van der Waals surface area contributed by atoms with E-state index in [1.54, 1.807) is 0 Å². The second-order valence-electron chi connectivity index (χ2n) is 3.58. The number of halogens is 1. The van der Waals surface area contributed by atoms with Crippen molar-refractivity contribution in [3.05, 3.63) is 30.1 Å². The number of carbonyl (C=O) groups is 1. The summed E-state index contributed by atoms with van der Waals surface area (Å²) in [5.74, 6) is -0.327. The Bertz CT molecular complexity index is 361. The molecule has 16 heavy (non-hydrogen) atoms. The molecule has 0 aromatic heterocycles. The minimum atomic E-state index is -0.327. The molecular weight excluding hydrogens is 211 g/mol. The number of anilines is 1. The molecule has 1 saturated heterocycles. The minimum Gasteiger partial charge on any atom is -0.306 e. The first-order valence-electron chi connectivity index (χ1n) is 5.23. The predicted octanol–water partition coefficient (Wildman–Crippen LogP) is 2.39. The Morgan fingerprint density at radius 3 is 2.69 bits per heavy atom. The Hall–Kier alpha value is -1.62. The highest BCUT2D eigenvalue weighted by atomic mass is 19.1. The van der Waals surface area contributed by atoms with Crippen LogP contribution in [0.4, 0.5) is 14.9 Å². The van der Waals surface area contributed by atoms with Crippen LogP contribution in [0.2, 0.25) is 0 Å². The third-order valence-corrected chi connectivity index (χ3v) is 2.32. The molecule has 0 aliphatic carbocycles. The minimum absolute atomic E-state index is 0.314. The molecule has 1 aliphatic heterocycles. The molecule has 1 aromatic carbocycles. The van der Waals surface area contributed by atoms with Crippen LogP contribution in [0.25, 0.3) is 0 Å². The van der Waals surface area contributed by atoms with Crippen LogP contribution in [-0.2, 0) is 4.84 Å². The van der Waals surface area contributed by atoms with Gasteiger partial charge in [0, 0.05) is 5.69 Å². The smallest absolute Gasteiger partial charge is 0.306 e. The van der Waals surface area contributed by atoms with Gasteiger partial charge in [0.2, 0.25) is 0 Å². The lowest BCUT2D eigenvalue weighted by Crippen LogP contribution is -2.38. The van der Waals surface area contributed by atoms with Crippen molar-refractivity contribution < 1.29 is 14.0 Å². The first-order chi connectivity index (χ1) is 7.75. The van der Waals surface area contributed by atoms with Crippen molar-refractivity contribution in [1.82, 2.24) is 5.06 Å². The van der Waals surface area contributed by atoms with E-state index in [4.69, 9.17) is 4.84 Å². The van der Waals surface area contributed by atoms with Crippen LogP contribution in [0.1, 0.15) is 12.8 Å². The maximum atomic E-state index is 12.6. The van der Waals surface area contributed by atoms with Gasteiger partial charge in [-0.15, -0.1) is 0 Å². The Morgan fingerprint density at radius 2 is 2.06 bits per heavy atom. The fraction of sp³-hybridized carbons (Fsp3) is 0.364. The highest BCUT2D eigenvalue weighted by molar-refractivity contribution is 5.88. The zero-order chi connectivity index (χ0) is 11.4. The molecule has 1 aliphatic rings. The summed E-state index contributed by atoms with van der Waals surface area (Å²) >= 11 is 0. The Kier molecular flexibility index (Phi) is 3.36. The summed E-state index contributed by atoms with van der Waals surface area (Å²) in [5, 5.41) is 3.93. The molecule has 1 N–H and O–H groups in total. The molecule has 0 unspecified atom stereocenters. The monoisotopic (exact) mass is 224 g/mol. The second-order valence-corrected chi connectivity index (χ2v) is 3.58. The summed E-state index contributed by atoms with van der Waals surface area (Å²) in [7, 11) is 0. The van der Waals surface area contributed by atoms with Crippen molar-refractivity contribution in [1.29, 1.82) is 0 Å².